The molecule has 1 heterocycles. The van der Waals surface area contributed by atoms with E-state index in [-0.39, 0.29) is 11.9 Å². The minimum atomic E-state index is -0.518. The van der Waals surface area contributed by atoms with Crippen LogP contribution >= 0.6 is 15.9 Å². The second-order valence-electron chi connectivity index (χ2n) is 6.43. The fourth-order valence-electron chi connectivity index (χ4n) is 3.14. The average Bonchev–Trinajstić information content (AvgIpc) is 2.63. The fraction of sp³-hybridized carbons (Fsp3) is 0.350. The number of amides is 1. The second kappa shape index (κ2) is 8.02. The zero-order valence-electron chi connectivity index (χ0n) is 14.6. The van der Waals surface area contributed by atoms with Crippen molar-refractivity contribution in [3.8, 4) is 5.75 Å². The maximum Gasteiger partial charge on any atom is 0.263 e. The van der Waals surface area contributed by atoms with Gasteiger partial charge in [-0.25, -0.2) is 0 Å². The van der Waals surface area contributed by atoms with Crippen LogP contribution in [-0.2, 0) is 4.79 Å². The minimum Gasteiger partial charge on any atom is -0.481 e. The highest BCUT2D eigenvalue weighted by Gasteiger charge is 2.33. The first-order chi connectivity index (χ1) is 12.0. The second-order valence-corrected chi connectivity index (χ2v) is 7.35. The van der Waals surface area contributed by atoms with E-state index in [2.05, 4.69) is 40.0 Å². The Bertz CT molecular complexity index is 705. The van der Waals surface area contributed by atoms with E-state index in [0.29, 0.717) is 12.3 Å². The molecule has 0 unspecified atom stereocenters. The van der Waals surface area contributed by atoms with Crippen molar-refractivity contribution in [2.45, 2.75) is 19.1 Å². The molecule has 3 rings (SSSR count). The van der Waals surface area contributed by atoms with Crippen molar-refractivity contribution in [3.63, 3.8) is 0 Å². The molecule has 2 aromatic rings. The number of carbonyl (C=O) groups is 1. The number of likely N-dealkylation sites (N-methyl/N-ethyl adjacent to an activating group) is 1. The van der Waals surface area contributed by atoms with Crippen LogP contribution in [0.15, 0.2) is 59.1 Å². The summed E-state index contributed by atoms with van der Waals surface area (Å²) in [5.74, 6) is 0.735. The van der Waals surface area contributed by atoms with E-state index >= 15 is 0 Å². The molecule has 1 aliphatic heterocycles. The molecule has 0 aliphatic carbocycles. The zero-order valence-corrected chi connectivity index (χ0v) is 16.1. The van der Waals surface area contributed by atoms with E-state index < -0.39 is 6.10 Å². The Morgan fingerprint density at radius 1 is 1.12 bits per heavy atom. The van der Waals surface area contributed by atoms with Gasteiger partial charge in [-0.15, -0.1) is 0 Å². The number of rotatable bonds is 4. The normalized spacial score (nSPS) is 19.5. The van der Waals surface area contributed by atoms with Crippen molar-refractivity contribution in [1.82, 2.24) is 9.80 Å². The number of benzene rings is 2. The van der Waals surface area contributed by atoms with E-state index in [9.17, 15) is 4.79 Å². The summed E-state index contributed by atoms with van der Waals surface area (Å²) in [6, 6.07) is 17.8. The number of hydrogen-bond acceptors (Lipinski definition) is 3. The van der Waals surface area contributed by atoms with Gasteiger partial charge in [0.05, 0.1) is 6.04 Å². The van der Waals surface area contributed by atoms with Gasteiger partial charge in [0.15, 0.2) is 6.10 Å². The molecular weight excluding hydrogens is 380 g/mol. The topological polar surface area (TPSA) is 32.8 Å². The first kappa shape index (κ1) is 18.0. The molecule has 1 aliphatic rings. The molecule has 0 radical (unpaired) electrons. The summed E-state index contributed by atoms with van der Waals surface area (Å²) in [5, 5.41) is 0. The molecule has 2 atom stereocenters. The number of carbonyl (C=O) groups excluding carboxylic acids is 1. The average molecular weight is 403 g/mol. The van der Waals surface area contributed by atoms with Crippen LogP contribution in [0, 0.1) is 0 Å². The van der Waals surface area contributed by atoms with Crippen molar-refractivity contribution >= 4 is 21.8 Å². The van der Waals surface area contributed by atoms with E-state index in [1.165, 1.54) is 5.56 Å². The SMILES string of the molecule is C[C@H](Oc1ccc(Br)cc1)C(=O)N1CCN(C)C[C@H]1c1ccccc1. The predicted octanol–water partition coefficient (Wildman–Crippen LogP) is 3.73. The molecule has 5 heteroatoms. The van der Waals surface area contributed by atoms with Crippen LogP contribution in [0.3, 0.4) is 0 Å². The Morgan fingerprint density at radius 3 is 2.48 bits per heavy atom. The van der Waals surface area contributed by atoms with Crippen LogP contribution in [-0.4, -0.2) is 48.5 Å². The quantitative estimate of drug-likeness (QED) is 0.780. The summed E-state index contributed by atoms with van der Waals surface area (Å²) in [6.07, 6.45) is -0.518. The van der Waals surface area contributed by atoms with Gasteiger partial charge in [0.2, 0.25) is 0 Å². The molecule has 1 saturated heterocycles. The Kier molecular flexibility index (Phi) is 5.76. The van der Waals surface area contributed by atoms with E-state index in [1.807, 2.05) is 54.3 Å². The minimum absolute atomic E-state index is 0.0323. The molecule has 0 bridgehead atoms. The summed E-state index contributed by atoms with van der Waals surface area (Å²) in [4.78, 5) is 17.3. The molecule has 0 spiro atoms. The van der Waals surface area contributed by atoms with Crippen molar-refractivity contribution in [2.75, 3.05) is 26.7 Å². The smallest absolute Gasteiger partial charge is 0.263 e. The first-order valence-electron chi connectivity index (χ1n) is 8.51. The van der Waals surface area contributed by atoms with Crippen LogP contribution in [0.4, 0.5) is 0 Å². The van der Waals surface area contributed by atoms with Gasteiger partial charge in [-0.3, -0.25) is 4.79 Å². The molecule has 0 N–H and O–H groups in total. The van der Waals surface area contributed by atoms with E-state index in [4.69, 9.17) is 4.74 Å². The summed E-state index contributed by atoms with van der Waals surface area (Å²) in [5.41, 5.74) is 1.17. The highest BCUT2D eigenvalue weighted by Crippen LogP contribution is 2.26. The van der Waals surface area contributed by atoms with E-state index in [0.717, 1.165) is 17.6 Å². The maximum absolute atomic E-state index is 13.0. The van der Waals surface area contributed by atoms with Crippen molar-refractivity contribution in [2.24, 2.45) is 0 Å². The molecule has 0 aromatic heterocycles. The highest BCUT2D eigenvalue weighted by atomic mass is 79.9. The van der Waals surface area contributed by atoms with Gasteiger partial charge in [-0.1, -0.05) is 46.3 Å². The third-order valence-electron chi connectivity index (χ3n) is 4.53. The van der Waals surface area contributed by atoms with Gasteiger partial charge >= 0.3 is 0 Å². The van der Waals surface area contributed by atoms with Crippen molar-refractivity contribution in [3.05, 3.63) is 64.6 Å². The van der Waals surface area contributed by atoms with Crippen LogP contribution in [0.25, 0.3) is 0 Å². The lowest BCUT2D eigenvalue weighted by Gasteiger charge is -2.41. The Morgan fingerprint density at radius 2 is 1.80 bits per heavy atom. The van der Waals surface area contributed by atoms with Crippen LogP contribution in [0.5, 0.6) is 5.75 Å². The highest BCUT2D eigenvalue weighted by molar-refractivity contribution is 9.10. The van der Waals surface area contributed by atoms with Crippen LogP contribution in [0.1, 0.15) is 18.5 Å². The summed E-state index contributed by atoms with van der Waals surface area (Å²) in [6.45, 7) is 4.24. The lowest BCUT2D eigenvalue weighted by Crippen LogP contribution is -2.52. The van der Waals surface area contributed by atoms with Crippen molar-refractivity contribution in [1.29, 1.82) is 0 Å². The van der Waals surface area contributed by atoms with Gasteiger partial charge in [0.1, 0.15) is 5.75 Å². The van der Waals surface area contributed by atoms with Gasteiger partial charge in [0, 0.05) is 24.1 Å². The lowest BCUT2D eigenvalue weighted by molar-refractivity contribution is -0.143. The third-order valence-corrected chi connectivity index (χ3v) is 5.05. The number of piperazine rings is 1. The largest absolute Gasteiger partial charge is 0.481 e. The molecule has 1 amide bonds. The fourth-order valence-corrected chi connectivity index (χ4v) is 3.41. The third kappa shape index (κ3) is 4.41. The lowest BCUT2D eigenvalue weighted by atomic mass is 10.0. The first-order valence-corrected chi connectivity index (χ1v) is 9.30. The summed E-state index contributed by atoms with van der Waals surface area (Å²) in [7, 11) is 2.10. The van der Waals surface area contributed by atoms with Crippen molar-refractivity contribution < 1.29 is 9.53 Å². The summed E-state index contributed by atoms with van der Waals surface area (Å²) >= 11 is 3.41. The molecule has 132 valence electrons. The Labute approximate surface area is 157 Å². The Hall–Kier alpha value is -1.85. The van der Waals surface area contributed by atoms with Gasteiger partial charge < -0.3 is 14.5 Å². The molecule has 2 aromatic carbocycles. The number of nitrogens with zero attached hydrogens (tertiary/aromatic N) is 2. The molecular formula is C20H23BrN2O2. The zero-order chi connectivity index (χ0) is 17.8. The molecule has 1 fully saturated rings. The standard InChI is InChI=1S/C20H23BrN2O2/c1-15(25-18-10-8-17(21)9-11-18)20(24)23-13-12-22(2)14-19(23)16-6-4-3-5-7-16/h3-11,15,19H,12-14H2,1-2H3/t15-,19-/m0/s1. The molecule has 0 saturated carbocycles. The molecule has 25 heavy (non-hydrogen) atoms. The summed E-state index contributed by atoms with van der Waals surface area (Å²) < 4.78 is 6.86. The van der Waals surface area contributed by atoms with Crippen LogP contribution < -0.4 is 4.74 Å². The number of ether oxygens (including phenoxy) is 1. The van der Waals surface area contributed by atoms with Gasteiger partial charge in [0.25, 0.3) is 5.91 Å². The number of hydrogen-bond donors (Lipinski definition) is 0. The molecule has 4 nitrogen and oxygen atoms in total. The monoisotopic (exact) mass is 402 g/mol. The van der Waals surface area contributed by atoms with Gasteiger partial charge in [-0.05, 0) is 43.8 Å². The van der Waals surface area contributed by atoms with Crippen LogP contribution in [0.2, 0.25) is 0 Å². The maximum atomic E-state index is 13.0. The predicted molar refractivity (Wildman–Crippen MR) is 103 cm³/mol. The van der Waals surface area contributed by atoms with E-state index in [1.54, 1.807) is 0 Å². The Balaban J connectivity index is 1.75. The van der Waals surface area contributed by atoms with Gasteiger partial charge in [-0.2, -0.15) is 0 Å². The number of halogens is 1.